The van der Waals surface area contributed by atoms with Crippen LogP contribution < -0.4 is 25.0 Å². The number of carbonyl (C=O) groups excluding carboxylic acids is 1. The van der Waals surface area contributed by atoms with Crippen molar-refractivity contribution in [2.75, 3.05) is 42.8 Å². The number of urea groups is 1. The van der Waals surface area contributed by atoms with Crippen LogP contribution in [-0.4, -0.2) is 38.3 Å². The molecule has 0 atom stereocenters. The summed E-state index contributed by atoms with van der Waals surface area (Å²) in [5.74, 6) is 1.36. The van der Waals surface area contributed by atoms with Gasteiger partial charge in [-0.05, 0) is 55.7 Å². The van der Waals surface area contributed by atoms with Crippen LogP contribution in [-0.2, 0) is 0 Å². The van der Waals surface area contributed by atoms with Crippen molar-refractivity contribution in [1.82, 2.24) is 4.98 Å². The summed E-state index contributed by atoms with van der Waals surface area (Å²) in [5.41, 5.74) is 1.06. The molecule has 7 nitrogen and oxygen atoms in total. The molecule has 1 aliphatic heterocycles. The summed E-state index contributed by atoms with van der Waals surface area (Å²) in [6.45, 7) is 1.88. The lowest BCUT2D eigenvalue weighted by molar-refractivity contribution is 0.262. The first-order valence-electron chi connectivity index (χ1n) is 10.2. The molecule has 1 aromatic heterocycles. The van der Waals surface area contributed by atoms with Gasteiger partial charge in [0.2, 0.25) is 0 Å². The Morgan fingerprint density at radius 1 is 1.00 bits per heavy atom. The predicted octanol–water partition coefficient (Wildman–Crippen LogP) is 5.03. The number of ether oxygens (including phenoxy) is 2. The second-order valence-corrected chi connectivity index (χ2v) is 7.39. The third kappa shape index (κ3) is 4.63. The van der Waals surface area contributed by atoms with Gasteiger partial charge in [0, 0.05) is 30.2 Å². The van der Waals surface area contributed by atoms with Crippen molar-refractivity contribution in [2.45, 2.75) is 19.3 Å². The zero-order valence-corrected chi connectivity index (χ0v) is 17.6. The van der Waals surface area contributed by atoms with Gasteiger partial charge < -0.3 is 25.0 Å². The van der Waals surface area contributed by atoms with E-state index in [4.69, 9.17) is 9.47 Å². The molecule has 2 N–H and O–H groups in total. The molecule has 8 heteroatoms. The van der Waals surface area contributed by atoms with Crippen molar-refractivity contribution in [2.24, 2.45) is 0 Å². The van der Waals surface area contributed by atoms with E-state index in [1.807, 2.05) is 12.1 Å². The summed E-state index contributed by atoms with van der Waals surface area (Å²) in [6.07, 6.45) is 3.47. The van der Waals surface area contributed by atoms with E-state index in [0.717, 1.165) is 31.7 Å². The number of hydrogen-bond donors (Lipinski definition) is 2. The number of nitrogens with one attached hydrogen (secondary N) is 2. The fourth-order valence-electron chi connectivity index (χ4n) is 3.75. The molecular formula is C23H25FN4O3. The van der Waals surface area contributed by atoms with E-state index in [1.54, 1.807) is 24.3 Å². The molecule has 0 saturated carbocycles. The van der Waals surface area contributed by atoms with Gasteiger partial charge in [0.1, 0.15) is 22.8 Å². The second-order valence-electron chi connectivity index (χ2n) is 7.39. The Bertz CT molecular complexity index is 1100. The zero-order valence-electron chi connectivity index (χ0n) is 17.6. The first-order valence-corrected chi connectivity index (χ1v) is 10.2. The Balaban J connectivity index is 1.53. The van der Waals surface area contributed by atoms with Gasteiger partial charge in [-0.2, -0.15) is 0 Å². The summed E-state index contributed by atoms with van der Waals surface area (Å²) >= 11 is 0. The predicted molar refractivity (Wildman–Crippen MR) is 120 cm³/mol. The molecule has 1 fully saturated rings. The third-order valence-electron chi connectivity index (χ3n) is 5.32. The monoisotopic (exact) mass is 424 g/mol. The molecule has 1 saturated heterocycles. The van der Waals surface area contributed by atoms with Gasteiger partial charge in [0.25, 0.3) is 0 Å². The number of fused-ring (bicyclic) bond motifs is 1. The number of halogens is 1. The van der Waals surface area contributed by atoms with Crippen molar-refractivity contribution < 1.29 is 18.7 Å². The topological polar surface area (TPSA) is 75.7 Å². The minimum absolute atomic E-state index is 0.295. The SMILES string of the molecule is COc1ccc(OC)c(NC(=O)Nc2cc(F)c3nc(N4CCCCC4)ccc3c2)c1. The Kier molecular flexibility index (Phi) is 6.06. The Morgan fingerprint density at radius 2 is 1.81 bits per heavy atom. The van der Waals surface area contributed by atoms with Gasteiger partial charge in [-0.25, -0.2) is 14.2 Å². The highest BCUT2D eigenvalue weighted by Crippen LogP contribution is 2.30. The average Bonchev–Trinajstić information content (AvgIpc) is 2.79. The van der Waals surface area contributed by atoms with Crippen LogP contribution in [0.15, 0.2) is 42.5 Å². The van der Waals surface area contributed by atoms with E-state index in [0.29, 0.717) is 33.8 Å². The molecule has 0 bridgehead atoms. The molecule has 31 heavy (non-hydrogen) atoms. The summed E-state index contributed by atoms with van der Waals surface area (Å²) < 4.78 is 25.2. The van der Waals surface area contributed by atoms with Gasteiger partial charge in [-0.3, -0.25) is 0 Å². The van der Waals surface area contributed by atoms with Crippen molar-refractivity contribution >= 4 is 34.1 Å². The van der Waals surface area contributed by atoms with Crippen LogP contribution >= 0.6 is 0 Å². The number of aromatic nitrogens is 1. The molecule has 4 rings (SSSR count). The first-order chi connectivity index (χ1) is 15.1. The van der Waals surface area contributed by atoms with E-state index in [-0.39, 0.29) is 0 Å². The van der Waals surface area contributed by atoms with E-state index in [2.05, 4.69) is 20.5 Å². The molecule has 0 spiro atoms. The van der Waals surface area contributed by atoms with Crippen molar-refractivity contribution in [1.29, 1.82) is 0 Å². The maximum Gasteiger partial charge on any atom is 0.323 e. The van der Waals surface area contributed by atoms with Gasteiger partial charge >= 0.3 is 6.03 Å². The van der Waals surface area contributed by atoms with E-state index in [9.17, 15) is 9.18 Å². The number of amides is 2. The van der Waals surface area contributed by atoms with Crippen molar-refractivity contribution in [3.8, 4) is 11.5 Å². The number of anilines is 3. The van der Waals surface area contributed by atoms with E-state index in [1.165, 1.54) is 26.7 Å². The summed E-state index contributed by atoms with van der Waals surface area (Å²) in [6, 6.07) is 11.3. The van der Waals surface area contributed by atoms with Crippen LogP contribution in [0.5, 0.6) is 11.5 Å². The molecule has 2 aromatic carbocycles. The number of piperidine rings is 1. The van der Waals surface area contributed by atoms with Gasteiger partial charge in [-0.15, -0.1) is 0 Å². The smallest absolute Gasteiger partial charge is 0.323 e. The fraction of sp³-hybridized carbons (Fsp3) is 0.304. The second kappa shape index (κ2) is 9.07. The third-order valence-corrected chi connectivity index (χ3v) is 5.32. The van der Waals surface area contributed by atoms with Gasteiger partial charge in [0.15, 0.2) is 5.82 Å². The van der Waals surface area contributed by atoms with Gasteiger partial charge in [0.05, 0.1) is 19.9 Å². The largest absolute Gasteiger partial charge is 0.497 e. The lowest BCUT2D eigenvalue weighted by Crippen LogP contribution is -2.30. The maximum atomic E-state index is 14.8. The molecular weight excluding hydrogens is 399 g/mol. The van der Waals surface area contributed by atoms with E-state index >= 15 is 0 Å². The van der Waals surface area contributed by atoms with Gasteiger partial charge in [-0.1, -0.05) is 0 Å². The number of methoxy groups -OCH3 is 2. The van der Waals surface area contributed by atoms with Crippen LogP contribution in [0.2, 0.25) is 0 Å². The highest BCUT2D eigenvalue weighted by Gasteiger charge is 2.15. The molecule has 1 aliphatic rings. The number of hydrogen-bond acceptors (Lipinski definition) is 5. The molecule has 0 unspecified atom stereocenters. The van der Waals surface area contributed by atoms with E-state index < -0.39 is 11.8 Å². The summed E-state index contributed by atoms with van der Waals surface area (Å²) in [5, 5.41) is 5.99. The normalized spacial score (nSPS) is 13.7. The number of benzene rings is 2. The molecule has 3 aromatic rings. The highest BCUT2D eigenvalue weighted by molar-refractivity contribution is 6.02. The summed E-state index contributed by atoms with van der Waals surface area (Å²) in [4.78, 5) is 19.2. The number of pyridine rings is 1. The standard InChI is InChI=1S/C23H25FN4O3/c1-30-17-7-8-20(31-2)19(14-17)26-23(29)25-16-12-15-6-9-21(27-22(15)18(24)13-16)28-10-4-3-5-11-28/h6-9,12-14H,3-5,10-11H2,1-2H3,(H2,25,26,29). The highest BCUT2D eigenvalue weighted by atomic mass is 19.1. The fourth-order valence-corrected chi connectivity index (χ4v) is 3.75. The quantitative estimate of drug-likeness (QED) is 0.601. The van der Waals surface area contributed by atoms with Crippen LogP contribution in [0, 0.1) is 5.82 Å². The lowest BCUT2D eigenvalue weighted by atomic mass is 10.1. The minimum Gasteiger partial charge on any atom is -0.497 e. The van der Waals surface area contributed by atoms with Crippen LogP contribution in [0.1, 0.15) is 19.3 Å². The number of carbonyl (C=O) groups is 1. The Hall–Kier alpha value is -3.55. The van der Waals surface area contributed by atoms with Crippen LogP contribution in [0.25, 0.3) is 10.9 Å². The molecule has 2 amide bonds. The van der Waals surface area contributed by atoms with Crippen LogP contribution in [0.3, 0.4) is 0 Å². The molecule has 0 radical (unpaired) electrons. The summed E-state index contributed by atoms with van der Waals surface area (Å²) in [7, 11) is 3.04. The Morgan fingerprint density at radius 3 is 2.55 bits per heavy atom. The average molecular weight is 424 g/mol. The Labute approximate surface area is 180 Å². The molecule has 162 valence electrons. The zero-order chi connectivity index (χ0) is 21.8. The van der Waals surface area contributed by atoms with Crippen molar-refractivity contribution in [3.05, 3.63) is 48.3 Å². The van der Waals surface area contributed by atoms with Crippen molar-refractivity contribution in [3.63, 3.8) is 0 Å². The van der Waals surface area contributed by atoms with Crippen LogP contribution in [0.4, 0.5) is 26.4 Å². The number of rotatable bonds is 5. The maximum absolute atomic E-state index is 14.8. The molecule has 0 aliphatic carbocycles. The first kappa shape index (κ1) is 20.7. The number of nitrogens with zero attached hydrogens (tertiary/aromatic N) is 2. The minimum atomic E-state index is -0.525. The molecule has 2 heterocycles. The lowest BCUT2D eigenvalue weighted by Gasteiger charge is -2.27.